The number of amides is 2. The maximum absolute atomic E-state index is 12.0. The van der Waals surface area contributed by atoms with Crippen molar-refractivity contribution in [1.82, 2.24) is 0 Å². The first kappa shape index (κ1) is 20.8. The van der Waals surface area contributed by atoms with Gasteiger partial charge in [0, 0.05) is 23.5 Å². The highest BCUT2D eigenvalue weighted by molar-refractivity contribution is 6.02. The average Bonchev–Trinajstić information content (AvgIpc) is 2.75. The molecule has 0 spiro atoms. The highest BCUT2D eigenvalue weighted by atomic mass is 16.2. The Balaban J connectivity index is 1.52. The normalized spacial score (nSPS) is 11.0. The summed E-state index contributed by atoms with van der Waals surface area (Å²) >= 11 is 0. The number of hydrogen-bond donors (Lipinski definition) is 2. The van der Waals surface area contributed by atoms with E-state index in [1.54, 1.807) is 12.2 Å². The van der Waals surface area contributed by atoms with E-state index in [0.717, 1.165) is 33.6 Å². The van der Waals surface area contributed by atoms with Crippen molar-refractivity contribution in [3.8, 4) is 0 Å². The predicted octanol–water partition coefficient (Wildman–Crippen LogP) is 5.61. The number of benzene rings is 3. The highest BCUT2D eigenvalue weighted by Crippen LogP contribution is 2.11. The molecule has 0 saturated carbocycles. The van der Waals surface area contributed by atoms with Gasteiger partial charge in [0.25, 0.3) is 0 Å². The van der Waals surface area contributed by atoms with Crippen molar-refractivity contribution in [2.45, 2.75) is 13.8 Å². The zero-order valence-corrected chi connectivity index (χ0v) is 17.1. The Morgan fingerprint density at radius 2 is 0.900 bits per heavy atom. The SMILES string of the molecule is Cc1ccc(NC(=O)/C=C/c2ccc(/C=C/C(=O)Nc3ccc(C)cc3)cc2)cc1. The van der Waals surface area contributed by atoms with Crippen LogP contribution in [0.4, 0.5) is 11.4 Å². The van der Waals surface area contributed by atoms with Gasteiger partial charge in [-0.15, -0.1) is 0 Å². The van der Waals surface area contributed by atoms with E-state index in [-0.39, 0.29) is 11.8 Å². The first-order valence-electron chi connectivity index (χ1n) is 9.69. The molecule has 0 heterocycles. The van der Waals surface area contributed by atoms with Crippen LogP contribution in [-0.4, -0.2) is 11.8 Å². The Morgan fingerprint density at radius 3 is 1.23 bits per heavy atom. The van der Waals surface area contributed by atoms with E-state index in [9.17, 15) is 9.59 Å². The van der Waals surface area contributed by atoms with Crippen LogP contribution in [0, 0.1) is 13.8 Å². The van der Waals surface area contributed by atoms with Crippen LogP contribution in [0.1, 0.15) is 22.3 Å². The summed E-state index contributed by atoms with van der Waals surface area (Å²) in [6, 6.07) is 22.9. The molecule has 0 aliphatic heterocycles. The molecule has 0 aliphatic rings. The molecule has 0 radical (unpaired) electrons. The van der Waals surface area contributed by atoms with E-state index in [2.05, 4.69) is 10.6 Å². The van der Waals surface area contributed by atoms with Crippen LogP contribution in [0.2, 0.25) is 0 Å². The Kier molecular flexibility index (Phi) is 6.95. The van der Waals surface area contributed by atoms with E-state index in [0.29, 0.717) is 0 Å². The molecule has 3 rings (SSSR count). The topological polar surface area (TPSA) is 58.2 Å². The summed E-state index contributed by atoms with van der Waals surface area (Å²) in [5.41, 5.74) is 5.61. The van der Waals surface area contributed by atoms with Crippen molar-refractivity contribution in [3.63, 3.8) is 0 Å². The van der Waals surface area contributed by atoms with Crippen molar-refractivity contribution in [2.24, 2.45) is 0 Å². The fourth-order valence-corrected chi connectivity index (χ4v) is 2.70. The summed E-state index contributed by atoms with van der Waals surface area (Å²) in [5.74, 6) is -0.369. The Bertz CT molecular complexity index is 973. The predicted molar refractivity (Wildman–Crippen MR) is 124 cm³/mol. The maximum atomic E-state index is 12.0. The lowest BCUT2D eigenvalue weighted by molar-refractivity contribution is -0.112. The van der Waals surface area contributed by atoms with Crippen LogP contribution in [0.5, 0.6) is 0 Å². The molecule has 150 valence electrons. The molecule has 4 nitrogen and oxygen atoms in total. The van der Waals surface area contributed by atoms with E-state index >= 15 is 0 Å². The van der Waals surface area contributed by atoms with Crippen molar-refractivity contribution in [3.05, 3.63) is 107 Å². The fourth-order valence-electron chi connectivity index (χ4n) is 2.70. The summed E-state index contributed by atoms with van der Waals surface area (Å²) in [5, 5.41) is 5.65. The van der Waals surface area contributed by atoms with Gasteiger partial charge in [-0.2, -0.15) is 0 Å². The molecule has 2 amide bonds. The standard InChI is InChI=1S/C26H24N2O2/c1-19-3-13-23(14-4-19)27-25(29)17-11-21-7-9-22(10-8-21)12-18-26(30)28-24-15-5-20(2)6-16-24/h3-18H,1-2H3,(H,27,29)(H,28,30)/b17-11+,18-12+. The number of carbonyl (C=O) groups excluding carboxylic acids is 2. The highest BCUT2D eigenvalue weighted by Gasteiger charge is 1.99. The number of anilines is 2. The van der Waals surface area contributed by atoms with Crippen LogP contribution in [0.3, 0.4) is 0 Å². The van der Waals surface area contributed by atoms with Gasteiger partial charge in [0.1, 0.15) is 0 Å². The quantitative estimate of drug-likeness (QED) is 0.532. The lowest BCUT2D eigenvalue weighted by Gasteiger charge is -2.02. The van der Waals surface area contributed by atoms with Gasteiger partial charge in [0.05, 0.1) is 0 Å². The second-order valence-electron chi connectivity index (χ2n) is 7.04. The first-order chi connectivity index (χ1) is 14.5. The molecule has 30 heavy (non-hydrogen) atoms. The van der Waals surface area contributed by atoms with Crippen LogP contribution >= 0.6 is 0 Å². The first-order valence-corrected chi connectivity index (χ1v) is 9.69. The maximum Gasteiger partial charge on any atom is 0.248 e. The van der Waals surface area contributed by atoms with E-state index in [4.69, 9.17) is 0 Å². The fraction of sp³-hybridized carbons (Fsp3) is 0.0769. The van der Waals surface area contributed by atoms with Crippen LogP contribution in [0.15, 0.2) is 84.9 Å². The Hall–Kier alpha value is -3.92. The summed E-state index contributed by atoms with van der Waals surface area (Å²) in [6.45, 7) is 4.00. The third-order valence-corrected chi connectivity index (χ3v) is 4.43. The molecule has 3 aromatic carbocycles. The minimum Gasteiger partial charge on any atom is -0.323 e. The van der Waals surface area contributed by atoms with Crippen molar-refractivity contribution in [1.29, 1.82) is 0 Å². The number of nitrogens with one attached hydrogen (secondary N) is 2. The molecule has 0 unspecified atom stereocenters. The van der Waals surface area contributed by atoms with E-state index < -0.39 is 0 Å². The Labute approximate surface area is 177 Å². The van der Waals surface area contributed by atoms with Crippen LogP contribution < -0.4 is 10.6 Å². The van der Waals surface area contributed by atoms with Crippen LogP contribution in [-0.2, 0) is 9.59 Å². The third kappa shape index (κ3) is 6.60. The molecule has 0 saturated heterocycles. The number of rotatable bonds is 6. The van der Waals surface area contributed by atoms with E-state index in [1.165, 1.54) is 12.2 Å². The summed E-state index contributed by atoms with van der Waals surface area (Å²) in [6.07, 6.45) is 6.50. The molecule has 2 N–H and O–H groups in total. The van der Waals surface area contributed by atoms with Gasteiger partial charge in [-0.05, 0) is 61.4 Å². The van der Waals surface area contributed by atoms with Gasteiger partial charge in [-0.1, -0.05) is 59.7 Å². The molecule has 0 bridgehead atoms. The zero-order valence-electron chi connectivity index (χ0n) is 17.1. The number of carbonyl (C=O) groups is 2. The molecule has 4 heteroatoms. The van der Waals surface area contributed by atoms with Crippen molar-refractivity contribution < 1.29 is 9.59 Å². The van der Waals surface area contributed by atoms with Gasteiger partial charge in [0.15, 0.2) is 0 Å². The summed E-state index contributed by atoms with van der Waals surface area (Å²) in [4.78, 5) is 24.1. The number of hydrogen-bond acceptors (Lipinski definition) is 2. The lowest BCUT2D eigenvalue weighted by atomic mass is 10.1. The van der Waals surface area contributed by atoms with Gasteiger partial charge < -0.3 is 10.6 Å². The smallest absolute Gasteiger partial charge is 0.248 e. The monoisotopic (exact) mass is 396 g/mol. The van der Waals surface area contributed by atoms with E-state index in [1.807, 2.05) is 86.6 Å². The second kappa shape index (κ2) is 10.0. The number of aryl methyl sites for hydroxylation is 2. The van der Waals surface area contributed by atoms with Crippen molar-refractivity contribution >= 4 is 35.3 Å². The molecular weight excluding hydrogens is 372 g/mol. The molecule has 0 aliphatic carbocycles. The largest absolute Gasteiger partial charge is 0.323 e. The molecular formula is C26H24N2O2. The van der Waals surface area contributed by atoms with Crippen LogP contribution in [0.25, 0.3) is 12.2 Å². The molecule has 0 fully saturated rings. The second-order valence-corrected chi connectivity index (χ2v) is 7.04. The minimum absolute atomic E-state index is 0.185. The minimum atomic E-state index is -0.185. The average molecular weight is 396 g/mol. The molecule has 3 aromatic rings. The zero-order chi connectivity index (χ0) is 21.3. The Morgan fingerprint density at radius 1 is 0.567 bits per heavy atom. The third-order valence-electron chi connectivity index (χ3n) is 4.43. The van der Waals surface area contributed by atoms with Crippen molar-refractivity contribution in [2.75, 3.05) is 10.6 Å². The lowest BCUT2D eigenvalue weighted by Crippen LogP contribution is -2.07. The van der Waals surface area contributed by atoms with Gasteiger partial charge in [0.2, 0.25) is 11.8 Å². The molecule has 0 atom stereocenters. The summed E-state index contributed by atoms with van der Waals surface area (Å²) < 4.78 is 0. The molecule has 0 aromatic heterocycles. The van der Waals surface area contributed by atoms with Gasteiger partial charge in [-0.25, -0.2) is 0 Å². The van der Waals surface area contributed by atoms with Gasteiger partial charge in [-0.3, -0.25) is 9.59 Å². The van der Waals surface area contributed by atoms with Gasteiger partial charge >= 0.3 is 0 Å². The summed E-state index contributed by atoms with van der Waals surface area (Å²) in [7, 11) is 0.